The topological polar surface area (TPSA) is 63.2 Å². The molecule has 0 aliphatic carbocycles. The van der Waals surface area contributed by atoms with E-state index >= 15 is 0 Å². The highest BCUT2D eigenvalue weighted by molar-refractivity contribution is 6.88. The Hall–Kier alpha value is -2.16. The fourth-order valence-corrected chi connectivity index (χ4v) is 5.08. The molecule has 0 fully saturated rings. The average molecular weight is 406 g/mol. The molecule has 0 saturated heterocycles. The third kappa shape index (κ3) is 4.29. The molecular formula is C20H25F2N3O2Si. The molecule has 0 saturated carbocycles. The highest BCUT2D eigenvalue weighted by atomic mass is 28.3. The van der Waals surface area contributed by atoms with Crippen LogP contribution in [0.4, 0.5) is 14.5 Å². The van der Waals surface area contributed by atoms with Crippen molar-refractivity contribution in [2.75, 3.05) is 19.0 Å². The molecule has 1 amide bonds. The van der Waals surface area contributed by atoms with Crippen molar-refractivity contribution in [1.82, 2.24) is 10.3 Å². The van der Waals surface area contributed by atoms with E-state index in [1.54, 1.807) is 7.11 Å². The molecule has 2 heterocycles. The Morgan fingerprint density at radius 1 is 1.29 bits per heavy atom. The summed E-state index contributed by atoms with van der Waals surface area (Å²) in [7, 11) is -0.569. The van der Waals surface area contributed by atoms with Crippen LogP contribution >= 0.6 is 0 Å². The van der Waals surface area contributed by atoms with Crippen LogP contribution in [-0.4, -0.2) is 32.6 Å². The van der Waals surface area contributed by atoms with Crippen LogP contribution in [0.1, 0.15) is 23.0 Å². The molecule has 150 valence electrons. The fourth-order valence-electron chi connectivity index (χ4n) is 3.50. The summed E-state index contributed by atoms with van der Waals surface area (Å²) < 4.78 is 34.0. The maximum Gasteiger partial charge on any atom is 0.246 e. The lowest BCUT2D eigenvalue weighted by atomic mass is 9.97. The smallest absolute Gasteiger partial charge is 0.246 e. The van der Waals surface area contributed by atoms with Gasteiger partial charge in [0.2, 0.25) is 5.91 Å². The molecule has 1 aliphatic heterocycles. The van der Waals surface area contributed by atoms with E-state index < -0.39 is 25.8 Å². The van der Waals surface area contributed by atoms with Gasteiger partial charge in [0.25, 0.3) is 0 Å². The van der Waals surface area contributed by atoms with E-state index in [1.165, 1.54) is 12.1 Å². The van der Waals surface area contributed by atoms with Crippen LogP contribution in [0, 0.1) is 11.6 Å². The third-order valence-corrected chi connectivity index (χ3v) is 6.68. The number of anilines is 1. The Balaban J connectivity index is 1.83. The Morgan fingerprint density at radius 2 is 1.96 bits per heavy atom. The van der Waals surface area contributed by atoms with Gasteiger partial charge in [0.15, 0.2) is 0 Å². The second kappa shape index (κ2) is 8.06. The number of aromatic nitrogens is 1. The van der Waals surface area contributed by atoms with E-state index in [1.807, 2.05) is 31.8 Å². The summed E-state index contributed by atoms with van der Waals surface area (Å²) in [5, 5.41) is 5.92. The first kappa shape index (κ1) is 20.6. The van der Waals surface area contributed by atoms with E-state index in [0.717, 1.165) is 17.0 Å². The molecule has 2 N–H and O–H groups in total. The molecule has 0 spiro atoms. The number of fused-ring (bicyclic) bond motifs is 1. The van der Waals surface area contributed by atoms with Gasteiger partial charge in [0, 0.05) is 42.2 Å². The van der Waals surface area contributed by atoms with Crippen LogP contribution in [-0.2, 0) is 22.6 Å². The Labute approximate surface area is 164 Å². The Kier molecular flexibility index (Phi) is 5.92. The lowest BCUT2D eigenvalue weighted by Crippen LogP contribution is -2.43. The highest BCUT2D eigenvalue weighted by Crippen LogP contribution is 2.24. The number of nitrogens with zero attached hydrogens (tertiary/aromatic N) is 1. The zero-order chi connectivity index (χ0) is 20.5. The second-order valence-electron chi connectivity index (χ2n) is 7.96. The monoisotopic (exact) mass is 405 g/mol. The van der Waals surface area contributed by atoms with Crippen LogP contribution in [0.2, 0.25) is 19.6 Å². The maximum absolute atomic E-state index is 14.5. The van der Waals surface area contributed by atoms with E-state index in [2.05, 4.69) is 15.6 Å². The number of halogens is 2. The standard InChI is InChI=1S/C20H25F2N3O2Si/c1-27-11-12-5-6-14-17(24-12)7-8-23-18(14)20(26)25-13-9-15(21)19(16(22)10-13)28(2,3)4/h5-6,9-10,18,23H,7-8,11H2,1-4H3,(H,25,26)/t18-/m1/s1. The van der Waals surface area contributed by atoms with Gasteiger partial charge in [-0.15, -0.1) is 0 Å². The first-order valence-electron chi connectivity index (χ1n) is 9.22. The van der Waals surface area contributed by atoms with Gasteiger partial charge in [-0.25, -0.2) is 8.78 Å². The number of pyridine rings is 1. The molecule has 3 rings (SSSR count). The lowest BCUT2D eigenvalue weighted by Gasteiger charge is -2.26. The van der Waals surface area contributed by atoms with E-state index in [4.69, 9.17) is 4.74 Å². The molecule has 2 aromatic rings. The van der Waals surface area contributed by atoms with Gasteiger partial charge >= 0.3 is 0 Å². The number of rotatable bonds is 5. The van der Waals surface area contributed by atoms with Gasteiger partial charge in [-0.2, -0.15) is 0 Å². The largest absolute Gasteiger partial charge is 0.378 e. The third-order valence-electron chi connectivity index (χ3n) is 4.70. The van der Waals surface area contributed by atoms with Gasteiger partial charge < -0.3 is 15.4 Å². The van der Waals surface area contributed by atoms with Crippen LogP contribution in [0.3, 0.4) is 0 Å². The fraction of sp³-hybridized carbons (Fsp3) is 0.400. The first-order valence-corrected chi connectivity index (χ1v) is 12.7. The summed E-state index contributed by atoms with van der Waals surface area (Å²) in [4.78, 5) is 17.3. The number of nitrogens with one attached hydrogen (secondary N) is 2. The number of benzene rings is 1. The van der Waals surface area contributed by atoms with Crippen LogP contribution < -0.4 is 15.8 Å². The van der Waals surface area contributed by atoms with Gasteiger partial charge in [0.1, 0.15) is 17.7 Å². The zero-order valence-electron chi connectivity index (χ0n) is 16.5. The predicted octanol–water partition coefficient (Wildman–Crippen LogP) is 2.88. The maximum atomic E-state index is 14.5. The van der Waals surface area contributed by atoms with Crippen molar-refractivity contribution in [2.45, 2.75) is 38.7 Å². The molecule has 0 radical (unpaired) electrons. The van der Waals surface area contributed by atoms with Crippen LogP contribution in [0.5, 0.6) is 0 Å². The molecule has 1 aliphatic rings. The van der Waals surface area contributed by atoms with Gasteiger partial charge in [0.05, 0.1) is 20.4 Å². The van der Waals surface area contributed by atoms with Crippen molar-refractivity contribution in [3.8, 4) is 0 Å². The van der Waals surface area contributed by atoms with Crippen molar-refractivity contribution in [3.05, 3.63) is 52.9 Å². The molecule has 0 unspecified atom stereocenters. The molecular weight excluding hydrogens is 380 g/mol. The van der Waals surface area contributed by atoms with Crippen molar-refractivity contribution >= 4 is 24.9 Å². The quantitative estimate of drug-likeness (QED) is 0.751. The molecule has 8 heteroatoms. The minimum atomic E-state index is -2.17. The van der Waals surface area contributed by atoms with E-state index in [0.29, 0.717) is 19.6 Å². The van der Waals surface area contributed by atoms with Crippen LogP contribution in [0.15, 0.2) is 24.3 Å². The summed E-state index contributed by atoms with van der Waals surface area (Å²) in [5.41, 5.74) is 2.51. The predicted molar refractivity (Wildman–Crippen MR) is 107 cm³/mol. The number of methoxy groups -OCH3 is 1. The van der Waals surface area contributed by atoms with Gasteiger partial charge in [-0.3, -0.25) is 9.78 Å². The van der Waals surface area contributed by atoms with E-state index in [9.17, 15) is 13.6 Å². The minimum Gasteiger partial charge on any atom is -0.378 e. The summed E-state index contributed by atoms with van der Waals surface area (Å²) in [6.45, 7) is 6.62. The minimum absolute atomic E-state index is 0.111. The summed E-state index contributed by atoms with van der Waals surface area (Å²) >= 11 is 0. The SMILES string of the molecule is COCc1ccc2c(n1)CCN[C@H]2C(=O)Nc1cc(F)c([Si](C)(C)C)c(F)c1. The second-order valence-corrected chi connectivity index (χ2v) is 13.0. The summed E-state index contributed by atoms with van der Waals surface area (Å²) in [5.74, 6) is -1.60. The molecule has 28 heavy (non-hydrogen) atoms. The van der Waals surface area contributed by atoms with Gasteiger partial charge in [-0.1, -0.05) is 25.7 Å². The van der Waals surface area contributed by atoms with Gasteiger partial charge in [-0.05, 0) is 18.2 Å². The number of amides is 1. The zero-order valence-corrected chi connectivity index (χ0v) is 17.5. The average Bonchev–Trinajstić information content (AvgIpc) is 2.59. The van der Waals surface area contributed by atoms with Crippen LogP contribution in [0.25, 0.3) is 0 Å². The Morgan fingerprint density at radius 3 is 2.57 bits per heavy atom. The molecule has 1 aromatic carbocycles. The number of hydrogen-bond donors (Lipinski definition) is 2. The number of ether oxygens (including phenoxy) is 1. The highest BCUT2D eigenvalue weighted by Gasteiger charge is 2.29. The molecule has 1 aromatic heterocycles. The van der Waals surface area contributed by atoms with Crippen molar-refractivity contribution in [3.63, 3.8) is 0 Å². The van der Waals surface area contributed by atoms with Crippen molar-refractivity contribution in [1.29, 1.82) is 0 Å². The van der Waals surface area contributed by atoms with E-state index in [-0.39, 0.29) is 16.8 Å². The molecule has 1 atom stereocenters. The number of hydrogen-bond acceptors (Lipinski definition) is 4. The first-order chi connectivity index (χ1) is 13.2. The molecule has 5 nitrogen and oxygen atoms in total. The Bertz CT molecular complexity index is 877. The lowest BCUT2D eigenvalue weighted by molar-refractivity contribution is -0.118. The molecule has 0 bridgehead atoms. The number of carbonyl (C=O) groups is 1. The summed E-state index contributed by atoms with van der Waals surface area (Å²) in [6, 6.07) is 5.42. The van der Waals surface area contributed by atoms with Crippen molar-refractivity contribution in [2.24, 2.45) is 0 Å². The number of carbonyl (C=O) groups excluding carboxylic acids is 1. The summed E-state index contributed by atoms with van der Waals surface area (Å²) in [6.07, 6.45) is 0.699. The van der Waals surface area contributed by atoms with Crippen molar-refractivity contribution < 1.29 is 18.3 Å². The normalized spacial score (nSPS) is 16.6.